The Bertz CT molecular complexity index is 1530. The molecule has 2 atom stereocenters. The minimum Gasteiger partial charge on any atom is -0.493 e. The quantitative estimate of drug-likeness (QED) is 0.260. The van der Waals surface area contributed by atoms with Crippen LogP contribution in [0.1, 0.15) is 68.0 Å². The Morgan fingerprint density at radius 3 is 2.43 bits per heavy atom. The van der Waals surface area contributed by atoms with Gasteiger partial charge >= 0.3 is 6.18 Å². The van der Waals surface area contributed by atoms with Crippen LogP contribution in [0.4, 0.5) is 13.2 Å². The normalized spacial score (nSPS) is 16.3. The molecule has 7 nitrogen and oxygen atoms in total. The van der Waals surface area contributed by atoms with Gasteiger partial charge in [0, 0.05) is 35.5 Å². The lowest BCUT2D eigenvalue weighted by molar-refractivity contribution is -0.137. The second-order valence-corrected chi connectivity index (χ2v) is 13.3. The Kier molecular flexibility index (Phi) is 9.56. The van der Waals surface area contributed by atoms with Crippen LogP contribution in [0.15, 0.2) is 71.6 Å². The van der Waals surface area contributed by atoms with Crippen LogP contribution in [-0.2, 0) is 27.5 Å². The predicted molar refractivity (Wildman–Crippen MR) is 155 cm³/mol. The Hall–Kier alpha value is -3.12. The van der Waals surface area contributed by atoms with E-state index < -0.39 is 44.6 Å². The number of alkyl halides is 3. The van der Waals surface area contributed by atoms with E-state index in [1.807, 2.05) is 26.8 Å². The van der Waals surface area contributed by atoms with Gasteiger partial charge in [-0.1, -0.05) is 48.0 Å². The predicted octanol–water partition coefficient (Wildman–Crippen LogP) is 6.30. The topological polar surface area (TPSA) is 96.5 Å². The first-order valence-electron chi connectivity index (χ1n) is 13.4. The number of benzene rings is 3. The number of amides is 1. The van der Waals surface area contributed by atoms with Crippen molar-refractivity contribution in [3.63, 3.8) is 0 Å². The highest BCUT2D eigenvalue weighted by molar-refractivity contribution is 7.89. The van der Waals surface area contributed by atoms with Crippen molar-refractivity contribution in [2.24, 2.45) is 0 Å². The van der Waals surface area contributed by atoms with Gasteiger partial charge < -0.3 is 15.4 Å². The number of carbonyl (C=O) groups is 1. The number of rotatable bonds is 9. The van der Waals surface area contributed by atoms with E-state index in [1.54, 1.807) is 36.4 Å². The zero-order chi connectivity index (χ0) is 30.7. The van der Waals surface area contributed by atoms with Crippen molar-refractivity contribution in [3.05, 3.63) is 94.0 Å². The molecule has 4 rings (SSSR count). The third-order valence-electron chi connectivity index (χ3n) is 6.72. The summed E-state index contributed by atoms with van der Waals surface area (Å²) in [6.45, 7) is 7.02. The first-order valence-corrected chi connectivity index (χ1v) is 15.2. The second-order valence-electron chi connectivity index (χ2n) is 11.2. The van der Waals surface area contributed by atoms with E-state index in [1.165, 1.54) is 0 Å². The fourth-order valence-electron chi connectivity index (χ4n) is 4.54. The smallest absolute Gasteiger partial charge is 0.416 e. The van der Waals surface area contributed by atoms with Crippen LogP contribution in [0, 0.1) is 0 Å². The molecular formula is C30H33ClF3N3O4S. The number of sulfonamides is 1. The maximum absolute atomic E-state index is 13.3. The molecule has 0 spiro atoms. The Balaban J connectivity index is 1.53. The molecule has 0 aliphatic carbocycles. The van der Waals surface area contributed by atoms with Crippen molar-refractivity contribution < 1.29 is 31.1 Å². The second kappa shape index (κ2) is 12.6. The van der Waals surface area contributed by atoms with Gasteiger partial charge in [-0.15, -0.1) is 0 Å². The van der Waals surface area contributed by atoms with Gasteiger partial charge in [0.15, 0.2) is 0 Å². The monoisotopic (exact) mass is 623 g/mol. The maximum Gasteiger partial charge on any atom is 0.416 e. The van der Waals surface area contributed by atoms with Crippen LogP contribution in [0.5, 0.6) is 5.75 Å². The molecule has 42 heavy (non-hydrogen) atoms. The molecule has 3 N–H and O–H groups in total. The van der Waals surface area contributed by atoms with E-state index in [0.717, 1.165) is 23.8 Å². The molecule has 0 bridgehead atoms. The zero-order valence-electron chi connectivity index (χ0n) is 23.4. The van der Waals surface area contributed by atoms with Gasteiger partial charge in [0.2, 0.25) is 15.9 Å². The summed E-state index contributed by atoms with van der Waals surface area (Å²) in [5, 5.41) is 6.86. The summed E-state index contributed by atoms with van der Waals surface area (Å²) in [7, 11) is -4.42. The van der Waals surface area contributed by atoms with Crippen molar-refractivity contribution in [1.82, 2.24) is 15.4 Å². The van der Waals surface area contributed by atoms with Crippen molar-refractivity contribution in [2.45, 2.75) is 68.9 Å². The van der Waals surface area contributed by atoms with E-state index in [2.05, 4.69) is 15.4 Å². The lowest BCUT2D eigenvalue weighted by Crippen LogP contribution is -2.37. The van der Waals surface area contributed by atoms with Gasteiger partial charge in [0.1, 0.15) is 5.75 Å². The largest absolute Gasteiger partial charge is 0.493 e. The molecule has 12 heteroatoms. The van der Waals surface area contributed by atoms with E-state index in [4.69, 9.17) is 16.3 Å². The average molecular weight is 624 g/mol. The van der Waals surface area contributed by atoms with E-state index in [-0.39, 0.29) is 12.0 Å². The molecule has 1 aliphatic heterocycles. The van der Waals surface area contributed by atoms with Crippen LogP contribution in [0.3, 0.4) is 0 Å². The molecule has 1 amide bonds. The third kappa shape index (κ3) is 8.25. The van der Waals surface area contributed by atoms with Crippen LogP contribution in [-0.4, -0.2) is 26.5 Å². The minimum absolute atomic E-state index is 0.117. The van der Waals surface area contributed by atoms with Gasteiger partial charge in [-0.3, -0.25) is 4.79 Å². The molecule has 1 aliphatic rings. The van der Waals surface area contributed by atoms with Gasteiger partial charge in [-0.25, -0.2) is 13.1 Å². The van der Waals surface area contributed by atoms with E-state index >= 15 is 0 Å². The lowest BCUT2D eigenvalue weighted by atomic mass is 9.97. The van der Waals surface area contributed by atoms with E-state index in [9.17, 15) is 26.4 Å². The van der Waals surface area contributed by atoms with Gasteiger partial charge in [-0.05, 0) is 62.2 Å². The highest BCUT2D eigenvalue weighted by Gasteiger charge is 2.33. The third-order valence-corrected chi connectivity index (χ3v) is 8.54. The number of halogens is 4. The summed E-state index contributed by atoms with van der Waals surface area (Å²) >= 11 is 6.57. The maximum atomic E-state index is 13.3. The highest BCUT2D eigenvalue weighted by atomic mass is 35.5. The van der Waals surface area contributed by atoms with Gasteiger partial charge in [0.25, 0.3) is 0 Å². The first kappa shape index (κ1) is 31.8. The number of ether oxygens (including phenoxy) is 1. The molecule has 226 valence electrons. The number of hydrogen-bond donors (Lipinski definition) is 3. The molecule has 2 unspecified atom stereocenters. The summed E-state index contributed by atoms with van der Waals surface area (Å²) in [6.07, 6.45) is -4.53. The molecule has 3 aromatic carbocycles. The molecular weight excluding hydrogens is 591 g/mol. The van der Waals surface area contributed by atoms with E-state index in [0.29, 0.717) is 47.5 Å². The van der Waals surface area contributed by atoms with Crippen molar-refractivity contribution >= 4 is 27.5 Å². The number of nitrogens with one attached hydrogen (secondary N) is 3. The first-order chi connectivity index (χ1) is 19.6. The fourth-order valence-corrected chi connectivity index (χ4v) is 6.05. The molecule has 0 saturated heterocycles. The fraction of sp³-hybridized carbons (Fsp3) is 0.367. The Labute approximate surface area is 248 Å². The van der Waals surface area contributed by atoms with Crippen LogP contribution >= 0.6 is 11.6 Å². The Morgan fingerprint density at radius 2 is 1.76 bits per heavy atom. The standard InChI is InChI=1S/C30H33ClF3N3O4S/c1-29(2,3)35-18-20-14-27-23(16-24(20)31)25(12-13-41-27)36-28(38)17-26(19-8-5-4-6-9-19)37-42(39,40)22-11-7-10-21(15-22)30(32,33)34/h4-11,14-16,25-26,35,37H,12-13,17-18H2,1-3H3,(H,36,38). The molecule has 0 fully saturated rings. The van der Waals surface area contributed by atoms with Gasteiger partial charge in [-0.2, -0.15) is 13.2 Å². The molecule has 0 saturated carbocycles. The summed E-state index contributed by atoms with van der Waals surface area (Å²) in [5.74, 6) is 0.148. The average Bonchev–Trinajstić information content (AvgIpc) is 2.91. The summed E-state index contributed by atoms with van der Waals surface area (Å²) in [5.41, 5.74) is 0.836. The summed E-state index contributed by atoms with van der Waals surface area (Å²) in [4.78, 5) is 12.7. The zero-order valence-corrected chi connectivity index (χ0v) is 25.0. The van der Waals surface area contributed by atoms with Crippen LogP contribution in [0.2, 0.25) is 5.02 Å². The van der Waals surface area contributed by atoms with Crippen LogP contribution in [0.25, 0.3) is 0 Å². The number of fused-ring (bicyclic) bond motifs is 1. The van der Waals surface area contributed by atoms with Crippen molar-refractivity contribution in [1.29, 1.82) is 0 Å². The number of hydrogen-bond acceptors (Lipinski definition) is 5. The summed E-state index contributed by atoms with van der Waals surface area (Å²) in [6, 6.07) is 14.0. The lowest BCUT2D eigenvalue weighted by Gasteiger charge is -2.29. The molecule has 0 radical (unpaired) electrons. The SMILES string of the molecule is CC(C)(C)NCc1cc2c(cc1Cl)C(NC(=O)CC(NS(=O)(=O)c1cccc(C(F)(F)F)c1)c1ccccc1)CCO2. The summed E-state index contributed by atoms with van der Waals surface area (Å²) < 4.78 is 74.3. The molecule has 0 aromatic heterocycles. The van der Waals surface area contributed by atoms with Gasteiger partial charge in [0.05, 0.1) is 29.1 Å². The van der Waals surface area contributed by atoms with Crippen molar-refractivity contribution in [2.75, 3.05) is 6.61 Å². The van der Waals surface area contributed by atoms with Crippen LogP contribution < -0.4 is 20.1 Å². The number of carbonyl (C=O) groups excluding carboxylic acids is 1. The Morgan fingerprint density at radius 1 is 1.05 bits per heavy atom. The highest BCUT2D eigenvalue weighted by Crippen LogP contribution is 2.37. The molecule has 1 heterocycles. The molecule has 3 aromatic rings. The minimum atomic E-state index is -4.71. The van der Waals surface area contributed by atoms with Crippen molar-refractivity contribution in [3.8, 4) is 5.75 Å².